The lowest BCUT2D eigenvalue weighted by Gasteiger charge is -2.26. The van der Waals surface area contributed by atoms with Gasteiger partial charge in [-0.25, -0.2) is 0 Å². The van der Waals surface area contributed by atoms with Gasteiger partial charge in [-0.15, -0.1) is 0 Å². The van der Waals surface area contributed by atoms with Gasteiger partial charge in [0.25, 0.3) is 5.91 Å². The monoisotopic (exact) mass is 537 g/mol. The molecule has 0 aromatic heterocycles. The van der Waals surface area contributed by atoms with E-state index in [9.17, 15) is 9.59 Å². The topological polar surface area (TPSA) is 53.1 Å². The number of thiocarbonyl (C=S) groups is 1. The molecular formula is C29H35N3O3S2. The highest BCUT2D eigenvalue weighted by atomic mass is 32.2. The molecule has 37 heavy (non-hydrogen) atoms. The van der Waals surface area contributed by atoms with Gasteiger partial charge in [0.1, 0.15) is 4.32 Å². The van der Waals surface area contributed by atoms with Crippen LogP contribution in [0.15, 0.2) is 53.4 Å². The van der Waals surface area contributed by atoms with Crippen LogP contribution in [0.25, 0.3) is 6.08 Å². The average Bonchev–Trinajstić information content (AvgIpc) is 3.48. The van der Waals surface area contributed by atoms with Crippen LogP contribution in [0.2, 0.25) is 0 Å². The van der Waals surface area contributed by atoms with Gasteiger partial charge >= 0.3 is 0 Å². The van der Waals surface area contributed by atoms with Gasteiger partial charge in [-0.1, -0.05) is 65.9 Å². The highest BCUT2D eigenvalue weighted by Gasteiger charge is 2.32. The molecule has 0 N–H and O–H groups in total. The van der Waals surface area contributed by atoms with Gasteiger partial charge in [-0.2, -0.15) is 0 Å². The van der Waals surface area contributed by atoms with Crippen molar-refractivity contribution in [1.29, 1.82) is 0 Å². The number of anilines is 1. The minimum Gasteiger partial charge on any atom is -0.378 e. The molecule has 0 bridgehead atoms. The van der Waals surface area contributed by atoms with E-state index < -0.39 is 0 Å². The lowest BCUT2D eigenvalue weighted by molar-refractivity contribution is -0.134. The zero-order valence-corrected chi connectivity index (χ0v) is 23.4. The zero-order chi connectivity index (χ0) is 26.4. The standard InChI is InChI=1S/C29H35N3O3S2/c1-21-8-10-22(11-9-21)18-26-28(34)32(29(36)37-26)16-4-7-27(33)31(20-25-6-5-17-35-25)19-23-12-14-24(15-13-23)30(2)3/h8-15,18,25H,4-7,16-17,19-20H2,1-3H3/b26-18-. The van der Waals surface area contributed by atoms with E-state index in [0.717, 1.165) is 36.3 Å². The number of aryl methyl sites for hydroxylation is 1. The maximum Gasteiger partial charge on any atom is 0.266 e. The van der Waals surface area contributed by atoms with Crippen LogP contribution in [0, 0.1) is 6.92 Å². The molecule has 2 aliphatic rings. The summed E-state index contributed by atoms with van der Waals surface area (Å²) in [6.45, 7) is 4.37. The van der Waals surface area contributed by atoms with E-state index in [-0.39, 0.29) is 17.9 Å². The van der Waals surface area contributed by atoms with Gasteiger partial charge in [-0.05, 0) is 55.5 Å². The molecule has 0 spiro atoms. The fraction of sp³-hybridized carbons (Fsp3) is 0.414. The van der Waals surface area contributed by atoms with Gasteiger partial charge < -0.3 is 14.5 Å². The number of carbonyl (C=O) groups is 2. The summed E-state index contributed by atoms with van der Waals surface area (Å²) in [4.78, 5) is 32.5. The Morgan fingerprint density at radius 2 is 1.89 bits per heavy atom. The van der Waals surface area contributed by atoms with Crippen molar-refractivity contribution in [2.24, 2.45) is 0 Å². The lowest BCUT2D eigenvalue weighted by atomic mass is 10.1. The van der Waals surface area contributed by atoms with E-state index in [0.29, 0.717) is 41.7 Å². The molecule has 2 saturated heterocycles. The Morgan fingerprint density at radius 3 is 2.54 bits per heavy atom. The number of ether oxygens (including phenoxy) is 1. The van der Waals surface area contributed by atoms with Gasteiger partial charge in [-0.3, -0.25) is 14.5 Å². The van der Waals surface area contributed by atoms with E-state index in [1.54, 1.807) is 4.90 Å². The summed E-state index contributed by atoms with van der Waals surface area (Å²) >= 11 is 6.81. The number of thioether (sulfide) groups is 1. The van der Waals surface area contributed by atoms with Crippen LogP contribution in [0.5, 0.6) is 0 Å². The second kappa shape index (κ2) is 12.7. The largest absolute Gasteiger partial charge is 0.378 e. The molecule has 2 heterocycles. The molecule has 0 radical (unpaired) electrons. The summed E-state index contributed by atoms with van der Waals surface area (Å²) in [6, 6.07) is 16.3. The average molecular weight is 538 g/mol. The Morgan fingerprint density at radius 1 is 1.16 bits per heavy atom. The Balaban J connectivity index is 1.35. The molecule has 1 unspecified atom stereocenters. The summed E-state index contributed by atoms with van der Waals surface area (Å²) in [6.07, 6.45) is 4.90. The first-order chi connectivity index (χ1) is 17.8. The number of benzene rings is 2. The Kier molecular flexibility index (Phi) is 9.40. The lowest BCUT2D eigenvalue weighted by Crippen LogP contribution is -2.37. The second-order valence-electron chi connectivity index (χ2n) is 9.82. The van der Waals surface area contributed by atoms with Crippen LogP contribution in [0.1, 0.15) is 42.4 Å². The van der Waals surface area contributed by atoms with Crippen molar-refractivity contribution < 1.29 is 14.3 Å². The van der Waals surface area contributed by atoms with E-state index >= 15 is 0 Å². The smallest absolute Gasteiger partial charge is 0.266 e. The van der Waals surface area contributed by atoms with Crippen molar-refractivity contribution in [3.8, 4) is 0 Å². The van der Waals surface area contributed by atoms with Crippen molar-refractivity contribution in [3.63, 3.8) is 0 Å². The second-order valence-corrected chi connectivity index (χ2v) is 11.5. The summed E-state index contributed by atoms with van der Waals surface area (Å²) in [7, 11) is 4.03. The number of amides is 2. The van der Waals surface area contributed by atoms with Crippen LogP contribution < -0.4 is 4.90 Å². The van der Waals surface area contributed by atoms with Crippen molar-refractivity contribution in [1.82, 2.24) is 9.80 Å². The Labute approximate surface area is 229 Å². The zero-order valence-electron chi connectivity index (χ0n) is 21.8. The van der Waals surface area contributed by atoms with Crippen LogP contribution in [0.3, 0.4) is 0 Å². The quantitative estimate of drug-likeness (QED) is 0.305. The molecule has 8 heteroatoms. The summed E-state index contributed by atoms with van der Waals surface area (Å²) in [5, 5.41) is 0. The van der Waals surface area contributed by atoms with E-state index in [4.69, 9.17) is 17.0 Å². The summed E-state index contributed by atoms with van der Waals surface area (Å²) in [5.74, 6) is -0.00644. The first kappa shape index (κ1) is 27.4. The van der Waals surface area contributed by atoms with E-state index in [1.165, 1.54) is 17.3 Å². The SMILES string of the molecule is Cc1ccc(/C=C2\SC(=S)N(CCCC(=O)N(Cc3ccc(N(C)C)cc3)CC3CCCO3)C2=O)cc1. The molecule has 0 saturated carbocycles. The molecule has 196 valence electrons. The first-order valence-electron chi connectivity index (χ1n) is 12.8. The molecule has 2 aromatic carbocycles. The van der Waals surface area contributed by atoms with Crippen LogP contribution in [-0.4, -0.2) is 65.8 Å². The van der Waals surface area contributed by atoms with Crippen LogP contribution in [-0.2, 0) is 20.9 Å². The fourth-order valence-electron chi connectivity index (χ4n) is 4.46. The van der Waals surface area contributed by atoms with Gasteiger partial charge in [0.15, 0.2) is 0 Å². The van der Waals surface area contributed by atoms with Crippen molar-refractivity contribution in [3.05, 3.63) is 70.1 Å². The molecule has 2 amide bonds. The van der Waals surface area contributed by atoms with E-state index in [1.807, 2.05) is 56.3 Å². The molecule has 2 fully saturated rings. The maximum absolute atomic E-state index is 13.3. The molecule has 2 aromatic rings. The fourth-order valence-corrected chi connectivity index (χ4v) is 5.77. The third kappa shape index (κ3) is 7.43. The number of rotatable bonds is 10. The molecule has 0 aliphatic carbocycles. The van der Waals surface area contributed by atoms with Crippen LogP contribution in [0.4, 0.5) is 5.69 Å². The first-order valence-corrected chi connectivity index (χ1v) is 14.0. The molecule has 1 atom stereocenters. The predicted octanol–water partition coefficient (Wildman–Crippen LogP) is 5.25. The normalized spacial score (nSPS) is 18.6. The molecular weight excluding hydrogens is 502 g/mol. The number of nitrogens with zero attached hydrogens (tertiary/aromatic N) is 3. The predicted molar refractivity (Wildman–Crippen MR) is 155 cm³/mol. The van der Waals surface area contributed by atoms with Crippen molar-refractivity contribution in [2.45, 2.75) is 45.3 Å². The van der Waals surface area contributed by atoms with Crippen LogP contribution >= 0.6 is 24.0 Å². The number of hydrogen-bond donors (Lipinski definition) is 0. The molecule has 2 aliphatic heterocycles. The number of hydrogen-bond acceptors (Lipinski definition) is 6. The third-order valence-electron chi connectivity index (χ3n) is 6.65. The maximum atomic E-state index is 13.3. The molecule has 6 nitrogen and oxygen atoms in total. The van der Waals surface area contributed by atoms with Gasteiger partial charge in [0.05, 0.1) is 11.0 Å². The minimum absolute atomic E-state index is 0.0767. The third-order valence-corrected chi connectivity index (χ3v) is 8.03. The van der Waals surface area contributed by atoms with Crippen molar-refractivity contribution in [2.75, 3.05) is 38.7 Å². The minimum atomic E-state index is -0.0831. The van der Waals surface area contributed by atoms with Gasteiger partial charge in [0.2, 0.25) is 5.91 Å². The number of carbonyl (C=O) groups excluding carboxylic acids is 2. The van der Waals surface area contributed by atoms with Gasteiger partial charge in [0, 0.05) is 52.4 Å². The van der Waals surface area contributed by atoms with Crippen molar-refractivity contribution >= 4 is 51.9 Å². The summed E-state index contributed by atoms with van der Waals surface area (Å²) < 4.78 is 6.37. The Bertz CT molecular complexity index is 1140. The highest BCUT2D eigenvalue weighted by Crippen LogP contribution is 2.32. The highest BCUT2D eigenvalue weighted by molar-refractivity contribution is 8.26. The Hall–Kier alpha value is -2.68. The molecule has 4 rings (SSSR count). The van der Waals surface area contributed by atoms with E-state index in [2.05, 4.69) is 29.2 Å². The summed E-state index contributed by atoms with van der Waals surface area (Å²) in [5.41, 5.74) is 4.37.